The average molecular weight is 156 g/mol. The van der Waals surface area contributed by atoms with Crippen molar-refractivity contribution < 1.29 is 0 Å². The van der Waals surface area contributed by atoms with E-state index in [2.05, 4.69) is 24.2 Å². The quantitative estimate of drug-likeness (QED) is 0.655. The van der Waals surface area contributed by atoms with Crippen molar-refractivity contribution in [3.05, 3.63) is 0 Å². The van der Waals surface area contributed by atoms with Crippen LogP contribution in [0.5, 0.6) is 0 Å². The normalized spacial score (nSPS) is 28.1. The van der Waals surface area contributed by atoms with Gasteiger partial charge < -0.3 is 10.2 Å². The van der Waals surface area contributed by atoms with E-state index in [-0.39, 0.29) is 0 Å². The number of hydrogen-bond donors (Lipinski definition) is 1. The summed E-state index contributed by atoms with van der Waals surface area (Å²) in [5.41, 5.74) is 0. The van der Waals surface area contributed by atoms with E-state index < -0.39 is 0 Å². The Bertz CT molecular complexity index is 114. The van der Waals surface area contributed by atoms with Gasteiger partial charge in [-0.15, -0.1) is 0 Å². The molecule has 0 radical (unpaired) electrons. The molecule has 0 aliphatic carbocycles. The zero-order valence-electron chi connectivity index (χ0n) is 7.93. The van der Waals surface area contributed by atoms with Gasteiger partial charge in [-0.2, -0.15) is 0 Å². The van der Waals surface area contributed by atoms with Gasteiger partial charge in [0.1, 0.15) is 0 Å². The number of rotatable bonds is 4. The lowest BCUT2D eigenvalue weighted by Crippen LogP contribution is -2.45. The van der Waals surface area contributed by atoms with Gasteiger partial charge >= 0.3 is 0 Å². The summed E-state index contributed by atoms with van der Waals surface area (Å²) >= 11 is 0. The first-order valence-corrected chi connectivity index (χ1v) is 4.61. The van der Waals surface area contributed by atoms with Gasteiger partial charge in [0.25, 0.3) is 0 Å². The average Bonchev–Trinajstić information content (AvgIpc) is 2.01. The van der Waals surface area contributed by atoms with Crippen molar-refractivity contribution in [2.45, 2.75) is 38.3 Å². The van der Waals surface area contributed by atoms with Crippen LogP contribution in [0.3, 0.4) is 0 Å². The van der Waals surface area contributed by atoms with Crippen molar-refractivity contribution in [2.24, 2.45) is 0 Å². The van der Waals surface area contributed by atoms with E-state index in [1.54, 1.807) is 0 Å². The maximum atomic E-state index is 3.26. The van der Waals surface area contributed by atoms with Gasteiger partial charge in [0.05, 0.1) is 0 Å². The lowest BCUT2D eigenvalue weighted by molar-refractivity contribution is 0.114. The molecule has 11 heavy (non-hydrogen) atoms. The number of hydrogen-bond acceptors (Lipinski definition) is 2. The van der Waals surface area contributed by atoms with Gasteiger partial charge in [0.15, 0.2) is 0 Å². The fraction of sp³-hybridized carbons (Fsp3) is 1.00. The van der Waals surface area contributed by atoms with Gasteiger partial charge in [-0.05, 0) is 46.8 Å². The topological polar surface area (TPSA) is 15.3 Å². The van der Waals surface area contributed by atoms with Crippen LogP contribution in [-0.2, 0) is 0 Å². The van der Waals surface area contributed by atoms with Crippen molar-refractivity contribution in [3.8, 4) is 0 Å². The van der Waals surface area contributed by atoms with E-state index in [0.717, 1.165) is 6.04 Å². The van der Waals surface area contributed by atoms with Crippen LogP contribution in [0.1, 0.15) is 26.2 Å². The Hall–Kier alpha value is -0.0800. The first-order chi connectivity index (χ1) is 5.24. The Labute approximate surface area is 70.0 Å². The Morgan fingerprint density at radius 1 is 1.64 bits per heavy atom. The Morgan fingerprint density at radius 3 is 2.73 bits per heavy atom. The van der Waals surface area contributed by atoms with Crippen molar-refractivity contribution in [3.63, 3.8) is 0 Å². The molecule has 2 atom stereocenters. The minimum absolute atomic E-state index is 0.684. The minimum atomic E-state index is 0.684. The van der Waals surface area contributed by atoms with Crippen molar-refractivity contribution in [2.75, 3.05) is 20.6 Å². The van der Waals surface area contributed by atoms with Gasteiger partial charge in [0, 0.05) is 12.1 Å². The van der Waals surface area contributed by atoms with Crippen molar-refractivity contribution in [1.82, 2.24) is 10.2 Å². The predicted molar refractivity (Wildman–Crippen MR) is 48.8 cm³/mol. The molecule has 2 unspecified atom stereocenters. The summed E-state index contributed by atoms with van der Waals surface area (Å²) in [5.74, 6) is 0. The Kier molecular flexibility index (Phi) is 3.34. The zero-order valence-corrected chi connectivity index (χ0v) is 7.93. The van der Waals surface area contributed by atoms with Crippen LogP contribution in [0.15, 0.2) is 0 Å². The molecule has 1 rings (SSSR count). The van der Waals surface area contributed by atoms with Crippen molar-refractivity contribution >= 4 is 0 Å². The summed E-state index contributed by atoms with van der Waals surface area (Å²) in [7, 11) is 4.26. The molecule has 0 aromatic heterocycles. The number of nitrogens with one attached hydrogen (secondary N) is 1. The van der Waals surface area contributed by atoms with E-state index in [0.29, 0.717) is 6.04 Å². The molecule has 1 aliphatic rings. The molecule has 1 N–H and O–H groups in total. The lowest BCUT2D eigenvalue weighted by Gasteiger charge is -2.38. The first-order valence-electron chi connectivity index (χ1n) is 4.61. The highest BCUT2D eigenvalue weighted by Crippen LogP contribution is 2.19. The van der Waals surface area contributed by atoms with Crippen LogP contribution in [0, 0.1) is 0 Å². The van der Waals surface area contributed by atoms with Crippen LogP contribution in [0.4, 0.5) is 0 Å². The SMILES string of the molecule is CNC(C)CCC1CCN1C. The predicted octanol–water partition coefficient (Wildman–Crippen LogP) is 1.08. The van der Waals surface area contributed by atoms with Gasteiger partial charge in [-0.1, -0.05) is 0 Å². The van der Waals surface area contributed by atoms with Crippen LogP contribution in [-0.4, -0.2) is 37.6 Å². The van der Waals surface area contributed by atoms with E-state index in [1.807, 2.05) is 7.05 Å². The molecule has 1 fully saturated rings. The van der Waals surface area contributed by atoms with Crippen LogP contribution in [0.25, 0.3) is 0 Å². The molecule has 2 heteroatoms. The third-order valence-electron chi connectivity index (χ3n) is 2.86. The fourth-order valence-corrected chi connectivity index (χ4v) is 1.52. The Morgan fingerprint density at radius 2 is 2.36 bits per heavy atom. The summed E-state index contributed by atoms with van der Waals surface area (Å²) in [6.07, 6.45) is 4.08. The van der Waals surface area contributed by atoms with Gasteiger partial charge in [0.2, 0.25) is 0 Å². The molecule has 1 heterocycles. The number of likely N-dealkylation sites (tertiary alicyclic amines) is 1. The molecule has 2 nitrogen and oxygen atoms in total. The molecular formula is C9H20N2. The Balaban J connectivity index is 2.02. The summed E-state index contributed by atoms with van der Waals surface area (Å²) in [5, 5.41) is 3.26. The molecule has 0 bridgehead atoms. The third-order valence-corrected chi connectivity index (χ3v) is 2.86. The lowest BCUT2D eigenvalue weighted by atomic mass is 9.97. The largest absolute Gasteiger partial charge is 0.317 e. The summed E-state index contributed by atoms with van der Waals surface area (Å²) in [4.78, 5) is 2.45. The van der Waals surface area contributed by atoms with E-state index >= 15 is 0 Å². The summed E-state index contributed by atoms with van der Waals surface area (Å²) < 4.78 is 0. The highest BCUT2D eigenvalue weighted by Gasteiger charge is 2.23. The highest BCUT2D eigenvalue weighted by molar-refractivity contribution is 4.80. The summed E-state index contributed by atoms with van der Waals surface area (Å²) in [6, 6.07) is 1.56. The zero-order chi connectivity index (χ0) is 8.27. The minimum Gasteiger partial charge on any atom is -0.317 e. The molecule has 1 aliphatic heterocycles. The second kappa shape index (κ2) is 4.07. The molecule has 66 valence electrons. The molecule has 0 amide bonds. The second-order valence-corrected chi connectivity index (χ2v) is 3.69. The standard InChI is InChI=1S/C9H20N2/c1-8(10-2)4-5-9-6-7-11(9)3/h8-10H,4-7H2,1-3H3. The smallest absolute Gasteiger partial charge is 0.0105 e. The van der Waals surface area contributed by atoms with Gasteiger partial charge in [-0.25, -0.2) is 0 Å². The third kappa shape index (κ3) is 2.46. The fourth-order valence-electron chi connectivity index (χ4n) is 1.52. The first kappa shape index (κ1) is 9.01. The van der Waals surface area contributed by atoms with Gasteiger partial charge in [-0.3, -0.25) is 0 Å². The molecule has 0 spiro atoms. The monoisotopic (exact) mass is 156 g/mol. The van der Waals surface area contributed by atoms with E-state index in [4.69, 9.17) is 0 Å². The van der Waals surface area contributed by atoms with Crippen molar-refractivity contribution in [1.29, 1.82) is 0 Å². The molecule has 0 aromatic rings. The van der Waals surface area contributed by atoms with Crippen LogP contribution in [0.2, 0.25) is 0 Å². The van der Waals surface area contributed by atoms with E-state index in [9.17, 15) is 0 Å². The summed E-state index contributed by atoms with van der Waals surface area (Å²) in [6.45, 7) is 3.55. The highest BCUT2D eigenvalue weighted by atomic mass is 15.2. The van der Waals surface area contributed by atoms with E-state index in [1.165, 1.54) is 25.8 Å². The van der Waals surface area contributed by atoms with Crippen LogP contribution >= 0.6 is 0 Å². The molecular weight excluding hydrogens is 136 g/mol. The number of nitrogens with zero attached hydrogens (tertiary/aromatic N) is 1. The second-order valence-electron chi connectivity index (χ2n) is 3.69. The maximum absolute atomic E-state index is 3.26. The van der Waals surface area contributed by atoms with Crippen LogP contribution < -0.4 is 5.32 Å². The molecule has 0 saturated carbocycles. The maximum Gasteiger partial charge on any atom is 0.0105 e. The molecule has 1 saturated heterocycles. The molecule has 0 aromatic carbocycles.